The Bertz CT molecular complexity index is 1660. The minimum Gasteiger partial charge on any atom is -0.307 e. The molecule has 0 unspecified atom stereocenters. The van der Waals surface area contributed by atoms with Crippen molar-refractivity contribution >= 4 is 52.0 Å². The number of alkyl halides is 3. The molecule has 3 aromatic heterocycles. The van der Waals surface area contributed by atoms with Crippen molar-refractivity contribution in [1.29, 1.82) is 0 Å². The number of benzene rings is 2. The van der Waals surface area contributed by atoms with Crippen molar-refractivity contribution in [2.75, 3.05) is 5.32 Å². The number of anilines is 1. The van der Waals surface area contributed by atoms with Gasteiger partial charge in [-0.2, -0.15) is 13.2 Å². The van der Waals surface area contributed by atoms with Crippen LogP contribution in [-0.2, 0) is 6.18 Å². The highest BCUT2D eigenvalue weighted by atomic mass is 32.2. The van der Waals surface area contributed by atoms with E-state index in [0.29, 0.717) is 22.2 Å². The number of aryl methyl sites for hydroxylation is 2. The van der Waals surface area contributed by atoms with Gasteiger partial charge in [0.1, 0.15) is 6.33 Å². The minimum atomic E-state index is -4.56. The number of carbonyl (C=O) groups is 1. The van der Waals surface area contributed by atoms with Crippen LogP contribution in [0, 0.1) is 13.8 Å². The Hall–Kier alpha value is -4.52. The lowest BCUT2D eigenvalue weighted by atomic mass is 10.1. The standard InChI is InChI=1S/C25H19F3N8OS/c1-14-4-3-5-15(2)22(14)32-24(37)35-38-30-12-16-6-7-17-18(31-16)8-9-19-23(17)29-13-36(19)21-11-10-20(33-34-21)25(26,27)28/h3-13H,1-2H3,(H2,32,35,37). The number of aromatic nitrogens is 5. The Kier molecular flexibility index (Phi) is 6.68. The maximum Gasteiger partial charge on any atom is 0.435 e. The molecule has 13 heteroatoms. The molecule has 0 atom stereocenters. The zero-order chi connectivity index (χ0) is 26.9. The first-order valence-electron chi connectivity index (χ1n) is 11.2. The van der Waals surface area contributed by atoms with Gasteiger partial charge < -0.3 is 5.32 Å². The molecular formula is C25H19F3N8OS. The molecule has 38 heavy (non-hydrogen) atoms. The number of nitrogens with one attached hydrogen (secondary N) is 2. The third-order valence-corrected chi connectivity index (χ3v) is 6.18. The van der Waals surface area contributed by atoms with Crippen LogP contribution < -0.4 is 10.0 Å². The molecule has 5 rings (SSSR count). The summed E-state index contributed by atoms with van der Waals surface area (Å²) in [4.78, 5) is 21.2. The summed E-state index contributed by atoms with van der Waals surface area (Å²) in [6.45, 7) is 3.83. The number of imidazole rings is 1. The van der Waals surface area contributed by atoms with Gasteiger partial charge in [-0.1, -0.05) is 18.2 Å². The first kappa shape index (κ1) is 25.1. The molecule has 5 aromatic rings. The second kappa shape index (κ2) is 10.1. The van der Waals surface area contributed by atoms with Crippen molar-refractivity contribution in [1.82, 2.24) is 29.5 Å². The lowest BCUT2D eigenvalue weighted by Crippen LogP contribution is -2.23. The molecule has 0 saturated heterocycles. The van der Waals surface area contributed by atoms with Crippen LogP contribution in [0.2, 0.25) is 0 Å². The van der Waals surface area contributed by atoms with Crippen molar-refractivity contribution in [2.24, 2.45) is 4.40 Å². The zero-order valence-electron chi connectivity index (χ0n) is 20.0. The number of hydrogen-bond donors (Lipinski definition) is 2. The van der Waals surface area contributed by atoms with Gasteiger partial charge >= 0.3 is 12.2 Å². The summed E-state index contributed by atoms with van der Waals surface area (Å²) in [5, 5.41) is 10.5. The van der Waals surface area contributed by atoms with Crippen LogP contribution in [0.1, 0.15) is 22.5 Å². The van der Waals surface area contributed by atoms with Crippen molar-refractivity contribution < 1.29 is 18.0 Å². The van der Waals surface area contributed by atoms with Crippen LogP contribution in [-0.4, -0.2) is 37.0 Å². The normalized spacial score (nSPS) is 11.9. The molecular weight excluding hydrogens is 517 g/mol. The van der Waals surface area contributed by atoms with Gasteiger partial charge in [0.15, 0.2) is 11.5 Å². The lowest BCUT2D eigenvalue weighted by molar-refractivity contribution is -0.141. The Morgan fingerprint density at radius 1 is 1.03 bits per heavy atom. The van der Waals surface area contributed by atoms with Crippen LogP contribution in [0.4, 0.5) is 23.7 Å². The van der Waals surface area contributed by atoms with Gasteiger partial charge in [0, 0.05) is 11.1 Å². The molecule has 0 radical (unpaired) electrons. The van der Waals surface area contributed by atoms with Crippen LogP contribution >= 0.6 is 12.1 Å². The number of rotatable bonds is 5. The fourth-order valence-corrected chi connectivity index (χ4v) is 4.21. The fraction of sp³-hybridized carbons (Fsp3) is 0.120. The first-order chi connectivity index (χ1) is 18.2. The van der Waals surface area contributed by atoms with Crippen LogP contribution in [0.15, 0.2) is 65.3 Å². The molecule has 0 saturated carbocycles. The predicted octanol–water partition coefficient (Wildman–Crippen LogP) is 5.80. The van der Waals surface area contributed by atoms with E-state index in [1.54, 1.807) is 22.8 Å². The Balaban J connectivity index is 1.29. The molecule has 0 aliphatic rings. The highest BCUT2D eigenvalue weighted by Gasteiger charge is 2.33. The van der Waals surface area contributed by atoms with Crippen molar-refractivity contribution in [3.63, 3.8) is 0 Å². The second-order valence-electron chi connectivity index (χ2n) is 8.27. The highest BCUT2D eigenvalue weighted by Crippen LogP contribution is 2.28. The molecule has 2 amide bonds. The van der Waals surface area contributed by atoms with E-state index in [4.69, 9.17) is 0 Å². The van der Waals surface area contributed by atoms with Crippen LogP contribution in [0.25, 0.3) is 27.8 Å². The molecule has 3 heterocycles. The largest absolute Gasteiger partial charge is 0.435 e. The summed E-state index contributed by atoms with van der Waals surface area (Å²) in [6, 6.07) is 14.6. The zero-order valence-corrected chi connectivity index (χ0v) is 20.8. The number of fused-ring (bicyclic) bond motifs is 3. The number of amides is 2. The van der Waals surface area contributed by atoms with E-state index in [0.717, 1.165) is 40.4 Å². The molecule has 0 bridgehead atoms. The van der Waals surface area contributed by atoms with Gasteiger partial charge in [-0.15, -0.1) is 10.2 Å². The van der Waals surface area contributed by atoms with Gasteiger partial charge in [0.25, 0.3) is 0 Å². The van der Waals surface area contributed by atoms with E-state index in [-0.39, 0.29) is 5.82 Å². The maximum atomic E-state index is 12.8. The molecule has 0 aliphatic heterocycles. The molecule has 0 fully saturated rings. The summed E-state index contributed by atoms with van der Waals surface area (Å²) in [6.07, 6.45) is -1.57. The third kappa shape index (κ3) is 5.13. The summed E-state index contributed by atoms with van der Waals surface area (Å²) < 4.78 is 46.7. The van der Waals surface area contributed by atoms with Gasteiger partial charge in [-0.25, -0.2) is 19.2 Å². The molecule has 2 N–H and O–H groups in total. The predicted molar refractivity (Wildman–Crippen MR) is 140 cm³/mol. The van der Waals surface area contributed by atoms with E-state index in [1.165, 1.54) is 18.6 Å². The number of pyridine rings is 1. The average Bonchev–Trinajstić information content (AvgIpc) is 3.33. The number of urea groups is 1. The van der Waals surface area contributed by atoms with Crippen molar-refractivity contribution in [2.45, 2.75) is 20.0 Å². The third-order valence-electron chi connectivity index (χ3n) is 5.69. The molecule has 0 spiro atoms. The molecule has 0 aliphatic carbocycles. The second-order valence-corrected chi connectivity index (χ2v) is 8.87. The first-order valence-corrected chi connectivity index (χ1v) is 12.0. The fourth-order valence-electron chi connectivity index (χ4n) is 3.86. The highest BCUT2D eigenvalue weighted by molar-refractivity contribution is 7.96. The van der Waals surface area contributed by atoms with Crippen LogP contribution in [0.5, 0.6) is 0 Å². The number of halogens is 3. The lowest BCUT2D eigenvalue weighted by Gasteiger charge is -2.10. The summed E-state index contributed by atoms with van der Waals surface area (Å²) in [5.41, 5.74) is 4.07. The van der Waals surface area contributed by atoms with Crippen molar-refractivity contribution in [3.8, 4) is 5.82 Å². The topological polar surface area (TPSA) is 110 Å². The van der Waals surface area contributed by atoms with Gasteiger partial charge in [-0.05, 0) is 61.4 Å². The smallest absolute Gasteiger partial charge is 0.307 e. The number of hydrogen-bond acceptors (Lipinski definition) is 7. The Morgan fingerprint density at radius 2 is 1.82 bits per heavy atom. The summed E-state index contributed by atoms with van der Waals surface area (Å²) in [5.74, 6) is 0.211. The van der Waals surface area contributed by atoms with Crippen molar-refractivity contribution in [3.05, 3.63) is 83.4 Å². The number of para-hydroxylation sites is 1. The molecule has 2 aromatic carbocycles. The Morgan fingerprint density at radius 3 is 2.53 bits per heavy atom. The Labute approximate surface area is 218 Å². The SMILES string of the molecule is Cc1cccc(C)c1NC(=O)NSN=Cc1ccc2c(ccc3c2ncn3-c2ccc(C(F)(F)F)nn2)n1. The van der Waals surface area contributed by atoms with E-state index < -0.39 is 17.9 Å². The number of carbonyl (C=O) groups excluding carboxylic acids is 1. The van der Waals surface area contributed by atoms with E-state index in [2.05, 4.69) is 34.6 Å². The minimum absolute atomic E-state index is 0.211. The maximum absolute atomic E-state index is 12.8. The van der Waals surface area contributed by atoms with E-state index >= 15 is 0 Å². The van der Waals surface area contributed by atoms with Gasteiger partial charge in [-0.3, -0.25) is 9.29 Å². The average molecular weight is 537 g/mol. The van der Waals surface area contributed by atoms with Gasteiger partial charge in [0.05, 0.1) is 40.6 Å². The van der Waals surface area contributed by atoms with Crippen LogP contribution in [0.3, 0.4) is 0 Å². The van der Waals surface area contributed by atoms with E-state index in [1.807, 2.05) is 38.1 Å². The molecule has 9 nitrogen and oxygen atoms in total. The molecule has 192 valence electrons. The monoisotopic (exact) mass is 536 g/mol. The quantitative estimate of drug-likeness (QED) is 0.217. The van der Waals surface area contributed by atoms with E-state index in [9.17, 15) is 18.0 Å². The van der Waals surface area contributed by atoms with Gasteiger partial charge in [0.2, 0.25) is 0 Å². The summed E-state index contributed by atoms with van der Waals surface area (Å²) in [7, 11) is 0. The summed E-state index contributed by atoms with van der Waals surface area (Å²) >= 11 is 0.867. The number of nitrogens with zero attached hydrogens (tertiary/aromatic N) is 6.